The SMILES string of the molecule is Cc1c(-c2cc3c(c[n+]2C)sc2ccsc23)ccc2ccccc12. The number of thiophene rings is 2. The first-order valence-electron chi connectivity index (χ1n) is 8.00. The average molecular weight is 347 g/mol. The van der Waals surface area contributed by atoms with Crippen LogP contribution in [0.25, 0.3) is 41.5 Å². The Kier molecular flexibility index (Phi) is 3.02. The summed E-state index contributed by atoms with van der Waals surface area (Å²) in [5.41, 5.74) is 3.94. The van der Waals surface area contributed by atoms with Crippen molar-refractivity contribution in [1.29, 1.82) is 0 Å². The van der Waals surface area contributed by atoms with Gasteiger partial charge < -0.3 is 0 Å². The van der Waals surface area contributed by atoms with Gasteiger partial charge in [-0.3, -0.25) is 0 Å². The molecule has 0 fully saturated rings. The number of nitrogens with zero attached hydrogens (tertiary/aromatic N) is 1. The molecule has 0 aliphatic rings. The van der Waals surface area contributed by atoms with E-state index < -0.39 is 0 Å². The predicted molar refractivity (Wildman–Crippen MR) is 106 cm³/mol. The molecule has 5 aromatic rings. The molecule has 2 aromatic carbocycles. The smallest absolute Gasteiger partial charge is 0.200 e. The second kappa shape index (κ2) is 5.13. The van der Waals surface area contributed by atoms with Crippen molar-refractivity contribution in [3.8, 4) is 11.3 Å². The monoisotopic (exact) mass is 346 g/mol. The standard InChI is InChI=1S/C21H16NS2/c1-13-15-6-4-3-5-14(15)7-8-16(13)18-11-17-20(12-22(18)2)24-19-9-10-23-21(17)19/h3-12H,1-2H3/q+1. The Morgan fingerprint density at radius 3 is 2.71 bits per heavy atom. The van der Waals surface area contributed by atoms with Crippen molar-refractivity contribution in [2.24, 2.45) is 7.05 Å². The highest BCUT2D eigenvalue weighted by Gasteiger charge is 2.18. The summed E-state index contributed by atoms with van der Waals surface area (Å²) in [6, 6.07) is 17.7. The molecular formula is C21H16NS2+. The maximum atomic E-state index is 2.36. The zero-order valence-corrected chi connectivity index (χ0v) is 15.2. The van der Waals surface area contributed by atoms with Gasteiger partial charge in [0.2, 0.25) is 5.69 Å². The first-order chi connectivity index (χ1) is 11.7. The Hall–Kier alpha value is -2.23. The van der Waals surface area contributed by atoms with Gasteiger partial charge in [0.25, 0.3) is 0 Å². The third kappa shape index (κ3) is 1.95. The van der Waals surface area contributed by atoms with Gasteiger partial charge >= 0.3 is 0 Å². The van der Waals surface area contributed by atoms with E-state index in [9.17, 15) is 0 Å². The lowest BCUT2D eigenvalue weighted by Crippen LogP contribution is -2.30. The van der Waals surface area contributed by atoms with Crippen LogP contribution in [-0.2, 0) is 7.05 Å². The van der Waals surface area contributed by atoms with E-state index in [1.54, 1.807) is 0 Å². The van der Waals surface area contributed by atoms with E-state index in [1.807, 2.05) is 22.7 Å². The lowest BCUT2D eigenvalue weighted by atomic mass is 9.97. The van der Waals surface area contributed by atoms with Crippen LogP contribution in [-0.4, -0.2) is 0 Å². The number of pyridine rings is 1. The van der Waals surface area contributed by atoms with E-state index >= 15 is 0 Å². The van der Waals surface area contributed by atoms with Crippen molar-refractivity contribution in [3.05, 3.63) is 65.7 Å². The van der Waals surface area contributed by atoms with Crippen LogP contribution in [0.15, 0.2) is 60.1 Å². The molecule has 3 heterocycles. The Morgan fingerprint density at radius 1 is 0.917 bits per heavy atom. The highest BCUT2D eigenvalue weighted by Crippen LogP contribution is 2.38. The van der Waals surface area contributed by atoms with Crippen molar-refractivity contribution in [1.82, 2.24) is 0 Å². The van der Waals surface area contributed by atoms with E-state index in [4.69, 9.17) is 0 Å². The van der Waals surface area contributed by atoms with Crippen molar-refractivity contribution in [2.75, 3.05) is 0 Å². The van der Waals surface area contributed by atoms with Gasteiger partial charge in [-0.05, 0) is 40.8 Å². The number of hydrogen-bond donors (Lipinski definition) is 0. The summed E-state index contributed by atoms with van der Waals surface area (Å²) in [6.45, 7) is 2.23. The zero-order valence-electron chi connectivity index (χ0n) is 13.5. The molecule has 0 aliphatic carbocycles. The maximum absolute atomic E-state index is 2.36. The number of aryl methyl sites for hydroxylation is 2. The van der Waals surface area contributed by atoms with Gasteiger partial charge in [0, 0.05) is 21.7 Å². The van der Waals surface area contributed by atoms with Gasteiger partial charge in [0.05, 0.1) is 4.70 Å². The minimum absolute atomic E-state index is 1.28. The predicted octanol–water partition coefficient (Wildman–Crippen LogP) is 6.07. The summed E-state index contributed by atoms with van der Waals surface area (Å²) in [6.07, 6.45) is 2.27. The fraction of sp³-hybridized carbons (Fsp3) is 0.0952. The van der Waals surface area contributed by atoms with Crippen LogP contribution in [0.2, 0.25) is 0 Å². The molecule has 1 nitrogen and oxygen atoms in total. The molecule has 0 atom stereocenters. The molecule has 0 aliphatic heterocycles. The Bertz CT molecular complexity index is 1230. The third-order valence-corrected chi connectivity index (χ3v) is 6.99. The summed E-state index contributed by atoms with van der Waals surface area (Å²) in [5.74, 6) is 0. The summed E-state index contributed by atoms with van der Waals surface area (Å²) >= 11 is 3.72. The van der Waals surface area contributed by atoms with E-state index in [0.29, 0.717) is 0 Å². The molecule has 0 N–H and O–H groups in total. The van der Waals surface area contributed by atoms with Crippen LogP contribution in [0.5, 0.6) is 0 Å². The molecule has 0 amide bonds. The fourth-order valence-electron chi connectivity index (χ4n) is 3.55. The zero-order chi connectivity index (χ0) is 16.3. The van der Waals surface area contributed by atoms with E-state index in [0.717, 1.165) is 0 Å². The van der Waals surface area contributed by atoms with Crippen LogP contribution < -0.4 is 4.57 Å². The molecule has 3 heteroatoms. The number of aromatic nitrogens is 1. The summed E-state index contributed by atoms with van der Waals surface area (Å²) in [4.78, 5) is 0. The number of hydrogen-bond acceptors (Lipinski definition) is 2. The van der Waals surface area contributed by atoms with Crippen LogP contribution in [0.3, 0.4) is 0 Å². The van der Waals surface area contributed by atoms with Crippen LogP contribution in [0, 0.1) is 6.92 Å². The Morgan fingerprint density at radius 2 is 1.79 bits per heavy atom. The van der Waals surface area contributed by atoms with Gasteiger partial charge in [-0.25, -0.2) is 0 Å². The molecule has 116 valence electrons. The van der Waals surface area contributed by atoms with E-state index in [1.165, 1.54) is 47.1 Å². The number of fused-ring (bicyclic) bond motifs is 4. The Labute approximate surface area is 148 Å². The van der Waals surface area contributed by atoms with Crippen molar-refractivity contribution < 1.29 is 4.57 Å². The lowest BCUT2D eigenvalue weighted by molar-refractivity contribution is -0.658. The highest BCUT2D eigenvalue weighted by molar-refractivity contribution is 7.32. The van der Waals surface area contributed by atoms with Gasteiger partial charge in [-0.1, -0.05) is 30.3 Å². The van der Waals surface area contributed by atoms with Crippen molar-refractivity contribution in [3.63, 3.8) is 0 Å². The second-order valence-electron chi connectivity index (χ2n) is 6.22. The quantitative estimate of drug-likeness (QED) is 0.324. The Balaban J connectivity index is 1.85. The first kappa shape index (κ1) is 14.1. The summed E-state index contributed by atoms with van der Waals surface area (Å²) < 4.78 is 6.43. The maximum Gasteiger partial charge on any atom is 0.213 e. The van der Waals surface area contributed by atoms with Crippen LogP contribution in [0.1, 0.15) is 5.56 Å². The van der Waals surface area contributed by atoms with E-state index in [2.05, 4.69) is 78.6 Å². The van der Waals surface area contributed by atoms with Gasteiger partial charge in [-0.15, -0.1) is 22.7 Å². The van der Waals surface area contributed by atoms with Gasteiger partial charge in [0.15, 0.2) is 6.20 Å². The lowest BCUT2D eigenvalue weighted by Gasteiger charge is -2.08. The summed E-state index contributed by atoms with van der Waals surface area (Å²) in [7, 11) is 2.15. The van der Waals surface area contributed by atoms with E-state index in [-0.39, 0.29) is 0 Å². The summed E-state index contributed by atoms with van der Waals surface area (Å²) in [5, 5.41) is 6.21. The molecule has 3 aromatic heterocycles. The molecule has 0 spiro atoms. The molecule has 24 heavy (non-hydrogen) atoms. The molecule has 0 saturated carbocycles. The molecular weight excluding hydrogens is 330 g/mol. The van der Waals surface area contributed by atoms with Crippen LogP contribution >= 0.6 is 22.7 Å². The molecule has 0 saturated heterocycles. The van der Waals surface area contributed by atoms with Crippen LogP contribution in [0.4, 0.5) is 0 Å². The molecule has 0 bridgehead atoms. The van der Waals surface area contributed by atoms with Crippen molar-refractivity contribution >= 4 is 52.9 Å². The van der Waals surface area contributed by atoms with Crippen molar-refractivity contribution in [2.45, 2.75) is 6.92 Å². The molecule has 0 radical (unpaired) electrons. The third-order valence-electron chi connectivity index (χ3n) is 4.81. The van der Waals surface area contributed by atoms with Gasteiger partial charge in [-0.2, -0.15) is 4.57 Å². The number of benzene rings is 2. The molecule has 0 unspecified atom stereocenters. The minimum Gasteiger partial charge on any atom is -0.200 e. The normalized spacial score (nSPS) is 11.8. The first-order valence-corrected chi connectivity index (χ1v) is 9.70. The largest absolute Gasteiger partial charge is 0.213 e. The number of rotatable bonds is 1. The minimum atomic E-state index is 1.28. The average Bonchev–Trinajstić information content (AvgIpc) is 3.16. The molecule has 5 rings (SSSR count). The second-order valence-corrected chi connectivity index (χ2v) is 8.22. The van der Waals surface area contributed by atoms with Gasteiger partial charge in [0.1, 0.15) is 11.7 Å². The highest BCUT2D eigenvalue weighted by atomic mass is 32.1. The topological polar surface area (TPSA) is 3.88 Å². The fourth-order valence-corrected chi connectivity index (χ4v) is 5.85.